The molecule has 0 radical (unpaired) electrons. The van der Waals surface area contributed by atoms with Crippen molar-refractivity contribution in [3.63, 3.8) is 0 Å². The summed E-state index contributed by atoms with van der Waals surface area (Å²) in [6.45, 7) is 9.08. The molecule has 0 saturated carbocycles. The molecule has 0 aliphatic heterocycles. The molecule has 5 heteroatoms. The molecule has 20 heavy (non-hydrogen) atoms. The van der Waals surface area contributed by atoms with Crippen molar-refractivity contribution in [1.82, 2.24) is 9.78 Å². The highest BCUT2D eigenvalue weighted by molar-refractivity contribution is 6.33. The van der Waals surface area contributed by atoms with Crippen LogP contribution in [0.5, 0.6) is 0 Å². The second kappa shape index (κ2) is 5.83. The largest absolute Gasteiger partial charge is 0.285 e. The van der Waals surface area contributed by atoms with Crippen molar-refractivity contribution in [2.75, 3.05) is 0 Å². The van der Waals surface area contributed by atoms with Crippen molar-refractivity contribution in [1.29, 1.82) is 0 Å². The van der Waals surface area contributed by atoms with E-state index in [4.69, 9.17) is 11.6 Å². The van der Waals surface area contributed by atoms with Crippen LogP contribution in [0.3, 0.4) is 0 Å². The Bertz CT molecular complexity index is 620. The third kappa shape index (κ3) is 2.52. The van der Waals surface area contributed by atoms with E-state index < -0.39 is 0 Å². The zero-order valence-electron chi connectivity index (χ0n) is 12.4. The van der Waals surface area contributed by atoms with Crippen LogP contribution in [-0.2, 0) is 13.0 Å². The summed E-state index contributed by atoms with van der Waals surface area (Å²) >= 11 is 6.50. The van der Waals surface area contributed by atoms with Gasteiger partial charge in [-0.2, -0.15) is 5.10 Å². The summed E-state index contributed by atoms with van der Waals surface area (Å²) in [6, 6.07) is 1.93. The lowest BCUT2D eigenvalue weighted by atomic mass is 9.97. The van der Waals surface area contributed by atoms with Crippen LogP contribution in [0.4, 0.5) is 0 Å². The molecule has 2 heterocycles. The highest BCUT2D eigenvalue weighted by Crippen LogP contribution is 2.35. The third-order valence-corrected chi connectivity index (χ3v) is 3.85. The summed E-state index contributed by atoms with van der Waals surface area (Å²) in [4.78, 5) is 0. The predicted octanol–water partition coefficient (Wildman–Crippen LogP) is 3.43. The van der Waals surface area contributed by atoms with Gasteiger partial charge in [0.2, 0.25) is 12.4 Å². The molecule has 0 fully saturated rings. The second-order valence-electron chi connectivity index (χ2n) is 5.13. The summed E-state index contributed by atoms with van der Waals surface area (Å²) in [5, 5.41) is 15.0. The molecule has 0 aliphatic carbocycles. The van der Waals surface area contributed by atoms with Gasteiger partial charge in [0.05, 0.1) is 22.0 Å². The minimum absolute atomic E-state index is 0.340. The minimum atomic E-state index is 0.340. The van der Waals surface area contributed by atoms with E-state index in [0.29, 0.717) is 10.9 Å². The third-order valence-electron chi connectivity index (χ3n) is 3.45. The van der Waals surface area contributed by atoms with Crippen LogP contribution in [0.25, 0.3) is 11.3 Å². The number of hydrogen-bond acceptors (Lipinski definition) is 2. The molecule has 1 N–H and O–H groups in total. The molecule has 0 atom stereocenters. The van der Waals surface area contributed by atoms with Gasteiger partial charge in [0, 0.05) is 17.3 Å². The van der Waals surface area contributed by atoms with Gasteiger partial charge >= 0.3 is 0 Å². The van der Waals surface area contributed by atoms with E-state index in [-0.39, 0.29) is 0 Å². The molecule has 4 nitrogen and oxygen atoms in total. The Morgan fingerprint density at radius 2 is 2.10 bits per heavy atom. The first-order chi connectivity index (χ1) is 9.49. The lowest BCUT2D eigenvalue weighted by Gasteiger charge is -2.11. The van der Waals surface area contributed by atoms with Crippen molar-refractivity contribution in [2.24, 2.45) is 0 Å². The van der Waals surface area contributed by atoms with Crippen molar-refractivity contribution < 1.29 is 9.94 Å². The fourth-order valence-corrected chi connectivity index (χ4v) is 2.77. The summed E-state index contributed by atoms with van der Waals surface area (Å²) in [5.41, 5.74) is 3.86. The van der Waals surface area contributed by atoms with Gasteiger partial charge in [-0.15, -0.1) is 0 Å². The zero-order chi connectivity index (χ0) is 14.9. The molecular formula is C15H21ClN3O+. The maximum absolute atomic E-state index is 9.74. The van der Waals surface area contributed by atoms with Crippen LogP contribution in [0, 0.1) is 0 Å². The van der Waals surface area contributed by atoms with Crippen LogP contribution in [0.1, 0.15) is 44.9 Å². The Kier molecular flexibility index (Phi) is 4.33. The van der Waals surface area contributed by atoms with Crippen LogP contribution in [0.2, 0.25) is 5.02 Å². The van der Waals surface area contributed by atoms with Gasteiger partial charge in [-0.1, -0.05) is 32.4 Å². The average Bonchev–Trinajstić information content (AvgIpc) is 2.74. The fraction of sp³-hybridized carbons (Fsp3) is 0.467. The van der Waals surface area contributed by atoms with Gasteiger partial charge in [0.25, 0.3) is 0 Å². The Morgan fingerprint density at radius 3 is 2.65 bits per heavy atom. The van der Waals surface area contributed by atoms with E-state index >= 15 is 0 Å². The number of pyridine rings is 1. The molecular weight excluding hydrogens is 274 g/mol. The number of aromatic nitrogens is 3. The summed E-state index contributed by atoms with van der Waals surface area (Å²) in [6.07, 6.45) is 4.13. The predicted molar refractivity (Wildman–Crippen MR) is 79.2 cm³/mol. The van der Waals surface area contributed by atoms with Crippen molar-refractivity contribution >= 4 is 11.6 Å². The molecule has 2 aromatic rings. The molecule has 2 aromatic heterocycles. The van der Waals surface area contributed by atoms with Crippen LogP contribution >= 0.6 is 11.6 Å². The highest BCUT2D eigenvalue weighted by Gasteiger charge is 2.22. The first-order valence-corrected chi connectivity index (χ1v) is 7.37. The van der Waals surface area contributed by atoms with E-state index in [9.17, 15) is 5.21 Å². The molecule has 108 valence electrons. The first kappa shape index (κ1) is 14.9. The zero-order valence-corrected chi connectivity index (χ0v) is 13.1. The van der Waals surface area contributed by atoms with Crippen molar-refractivity contribution in [3.8, 4) is 11.3 Å². The van der Waals surface area contributed by atoms with Gasteiger partial charge in [-0.05, 0) is 24.8 Å². The highest BCUT2D eigenvalue weighted by atomic mass is 35.5. The lowest BCUT2D eigenvalue weighted by Crippen LogP contribution is -2.29. The fourth-order valence-electron chi connectivity index (χ4n) is 2.40. The molecule has 0 bridgehead atoms. The van der Waals surface area contributed by atoms with E-state index in [1.165, 1.54) is 0 Å². The van der Waals surface area contributed by atoms with E-state index in [1.807, 2.05) is 24.6 Å². The molecule has 0 aliphatic rings. The van der Waals surface area contributed by atoms with Crippen LogP contribution in [0.15, 0.2) is 18.5 Å². The van der Waals surface area contributed by atoms with E-state index in [1.54, 1.807) is 12.4 Å². The summed E-state index contributed by atoms with van der Waals surface area (Å²) in [5.74, 6) is 0.340. The lowest BCUT2D eigenvalue weighted by molar-refractivity contribution is -0.904. The minimum Gasteiger partial charge on any atom is -0.285 e. The Hall–Kier alpha value is -1.55. The first-order valence-electron chi connectivity index (χ1n) is 6.99. The quantitative estimate of drug-likeness (QED) is 0.693. The Morgan fingerprint density at radius 1 is 1.40 bits per heavy atom. The summed E-state index contributed by atoms with van der Waals surface area (Å²) in [7, 11) is 0. The molecule has 2 rings (SSSR count). The second-order valence-corrected chi connectivity index (χ2v) is 5.51. The Balaban J connectivity index is 2.73. The molecule has 0 spiro atoms. The van der Waals surface area contributed by atoms with Gasteiger partial charge in [0.1, 0.15) is 0 Å². The normalized spacial score (nSPS) is 11.3. The maximum atomic E-state index is 9.74. The van der Waals surface area contributed by atoms with E-state index in [2.05, 4.69) is 18.9 Å². The number of aryl methyl sites for hydroxylation is 2. The van der Waals surface area contributed by atoms with Gasteiger partial charge in [-0.3, -0.25) is 9.89 Å². The molecule has 0 aromatic carbocycles. The van der Waals surface area contributed by atoms with Gasteiger partial charge < -0.3 is 0 Å². The van der Waals surface area contributed by atoms with Crippen molar-refractivity contribution in [2.45, 2.75) is 46.6 Å². The van der Waals surface area contributed by atoms with Gasteiger partial charge in [-0.25, -0.2) is 0 Å². The smallest absolute Gasteiger partial charge is 0.231 e. The van der Waals surface area contributed by atoms with Gasteiger partial charge in [0.15, 0.2) is 0 Å². The average molecular weight is 295 g/mol. The molecule has 0 amide bonds. The maximum Gasteiger partial charge on any atom is 0.231 e. The standard InChI is InChI=1S/C15H21ClN3O/c1-5-13-14(16)15(19(6-2)17-13)12-9-18(20)8-7-11(12)10(3)4/h7-10,20H,5-6H2,1-4H3/q+1. The van der Waals surface area contributed by atoms with Crippen LogP contribution < -0.4 is 4.73 Å². The number of nitrogens with zero attached hydrogens (tertiary/aromatic N) is 3. The SMILES string of the molecule is CCc1nn(CC)c(-c2c[n+](O)ccc2C(C)C)c1Cl. The number of halogens is 1. The van der Waals surface area contributed by atoms with Crippen LogP contribution in [-0.4, -0.2) is 15.0 Å². The van der Waals surface area contributed by atoms with E-state index in [0.717, 1.165) is 40.2 Å². The topological polar surface area (TPSA) is 41.9 Å². The molecule has 0 unspecified atom stereocenters. The number of rotatable bonds is 4. The monoisotopic (exact) mass is 294 g/mol. The Labute approximate surface area is 124 Å². The number of hydrogen-bond donors (Lipinski definition) is 1. The summed E-state index contributed by atoms with van der Waals surface area (Å²) < 4.78 is 2.97. The molecule has 0 saturated heterocycles. The van der Waals surface area contributed by atoms with Crippen molar-refractivity contribution in [3.05, 3.63) is 34.7 Å².